The largest absolute Gasteiger partial charge is 1.00 e. The number of aromatic amines is 1. The van der Waals surface area contributed by atoms with Crippen molar-refractivity contribution in [1.29, 1.82) is 0 Å². The Hall–Kier alpha value is -1.87. The van der Waals surface area contributed by atoms with Crippen molar-refractivity contribution in [2.24, 2.45) is 0 Å². The number of carboxylic acid groups (broad SMARTS) is 2. The summed E-state index contributed by atoms with van der Waals surface area (Å²) in [6.45, 7) is 0. The van der Waals surface area contributed by atoms with E-state index in [1.165, 1.54) is 24.3 Å². The number of hydrogen-bond donors (Lipinski definition) is 2. The van der Waals surface area contributed by atoms with E-state index in [4.69, 9.17) is 16.7 Å². The van der Waals surface area contributed by atoms with Crippen LogP contribution in [0.15, 0.2) is 33.9 Å². The van der Waals surface area contributed by atoms with Crippen molar-refractivity contribution in [3.05, 3.63) is 61.4 Å². The van der Waals surface area contributed by atoms with Crippen molar-refractivity contribution in [2.75, 3.05) is 0 Å². The second-order valence-corrected chi connectivity index (χ2v) is 4.33. The molecule has 0 saturated heterocycles. The van der Waals surface area contributed by atoms with Crippen LogP contribution in [0.2, 0.25) is 5.02 Å². The quantitative estimate of drug-likeness (QED) is 0.555. The molecule has 108 valence electrons. The maximum Gasteiger partial charge on any atom is 1.00 e. The van der Waals surface area contributed by atoms with Crippen LogP contribution in [0.4, 0.5) is 0 Å². The number of aromatic nitrogens is 2. The molecule has 1 aromatic carbocycles. The average Bonchev–Trinajstić information content (AvgIpc) is 2.39. The van der Waals surface area contributed by atoms with Crippen LogP contribution in [0.1, 0.15) is 20.8 Å². The first-order valence-electron chi connectivity index (χ1n) is 5.43. The van der Waals surface area contributed by atoms with Gasteiger partial charge in [0, 0.05) is 5.02 Å². The van der Waals surface area contributed by atoms with Crippen molar-refractivity contribution in [3.63, 3.8) is 0 Å². The van der Waals surface area contributed by atoms with Crippen molar-refractivity contribution < 1.29 is 49.4 Å². The van der Waals surface area contributed by atoms with Crippen LogP contribution in [0.25, 0.3) is 5.69 Å². The van der Waals surface area contributed by atoms with Gasteiger partial charge >= 0.3 is 41.2 Å². The predicted molar refractivity (Wildman–Crippen MR) is 69.0 cm³/mol. The van der Waals surface area contributed by atoms with E-state index in [-0.39, 0.29) is 35.2 Å². The van der Waals surface area contributed by atoms with Crippen molar-refractivity contribution in [1.82, 2.24) is 9.55 Å². The van der Waals surface area contributed by atoms with Gasteiger partial charge in [0.1, 0.15) is 0 Å². The topological polar surface area (TPSA) is 132 Å². The Morgan fingerprint density at radius 3 is 2.18 bits per heavy atom. The number of carbonyl (C=O) groups is 2. The van der Waals surface area contributed by atoms with Crippen LogP contribution in [0, 0.1) is 0 Å². The van der Waals surface area contributed by atoms with Gasteiger partial charge in [0.25, 0.3) is 5.56 Å². The molecule has 0 saturated carbocycles. The van der Waals surface area contributed by atoms with Crippen LogP contribution in [-0.4, -0.2) is 26.6 Å². The van der Waals surface area contributed by atoms with E-state index >= 15 is 0 Å². The predicted octanol–water partition coefficient (Wildman–Crippen LogP) is -3.76. The van der Waals surface area contributed by atoms with Gasteiger partial charge in [0.05, 0.1) is 17.4 Å². The van der Waals surface area contributed by atoms with Gasteiger partial charge in [0.2, 0.25) is 0 Å². The molecule has 0 fully saturated rings. The second kappa shape index (κ2) is 6.93. The summed E-state index contributed by atoms with van der Waals surface area (Å²) in [5.41, 5.74) is -4.52. The van der Waals surface area contributed by atoms with Gasteiger partial charge in [0.15, 0.2) is 5.56 Å². The summed E-state index contributed by atoms with van der Waals surface area (Å²) < 4.78 is 0.492. The molecule has 0 aliphatic carbocycles. The fraction of sp³-hybridized carbons (Fsp3) is 0. The summed E-state index contributed by atoms with van der Waals surface area (Å²) >= 11 is 5.67. The Bertz CT molecular complexity index is 855. The van der Waals surface area contributed by atoms with Crippen LogP contribution in [0.5, 0.6) is 0 Å². The molecule has 8 nitrogen and oxygen atoms in total. The molecular weight excluding hydrogens is 327 g/mol. The SMILES string of the molecule is O=C([O-])c1[nH]c(=O)n(-c2ccc(Cl)cc2)c(=O)c1C(=O)O.[Na+]. The average molecular weight is 333 g/mol. The summed E-state index contributed by atoms with van der Waals surface area (Å²) in [5, 5.41) is 20.1. The summed E-state index contributed by atoms with van der Waals surface area (Å²) in [6.07, 6.45) is 0. The molecule has 10 heteroatoms. The van der Waals surface area contributed by atoms with Crippen LogP contribution < -0.4 is 45.9 Å². The van der Waals surface area contributed by atoms with Gasteiger partial charge in [-0.3, -0.25) is 4.79 Å². The molecule has 2 N–H and O–H groups in total. The number of nitrogens with zero attached hydrogens (tertiary/aromatic N) is 1. The van der Waals surface area contributed by atoms with E-state index < -0.39 is 34.4 Å². The fourth-order valence-corrected chi connectivity index (χ4v) is 1.84. The maximum absolute atomic E-state index is 12.1. The molecular formula is C12H6ClN2NaO6. The number of H-pyrrole nitrogens is 1. The Labute approximate surface area is 149 Å². The number of nitrogens with one attached hydrogen (secondary N) is 1. The van der Waals surface area contributed by atoms with Gasteiger partial charge in [-0.25, -0.2) is 14.2 Å². The summed E-state index contributed by atoms with van der Waals surface area (Å²) in [6, 6.07) is 5.39. The van der Waals surface area contributed by atoms with Gasteiger partial charge in [-0.05, 0) is 24.3 Å². The maximum atomic E-state index is 12.1. The van der Waals surface area contributed by atoms with E-state index in [1.54, 1.807) is 0 Å². The van der Waals surface area contributed by atoms with Gasteiger partial charge < -0.3 is 20.0 Å². The first-order valence-corrected chi connectivity index (χ1v) is 5.80. The summed E-state index contributed by atoms with van der Waals surface area (Å²) in [7, 11) is 0. The number of aromatic carboxylic acids is 2. The van der Waals surface area contributed by atoms with Crippen LogP contribution >= 0.6 is 11.6 Å². The van der Waals surface area contributed by atoms with E-state index in [1.807, 2.05) is 4.98 Å². The fourth-order valence-electron chi connectivity index (χ4n) is 1.71. The molecule has 1 heterocycles. The van der Waals surface area contributed by atoms with Crippen molar-refractivity contribution in [2.45, 2.75) is 0 Å². The van der Waals surface area contributed by atoms with Crippen LogP contribution in [-0.2, 0) is 0 Å². The number of benzene rings is 1. The van der Waals surface area contributed by atoms with E-state index in [0.717, 1.165) is 0 Å². The standard InChI is InChI=1S/C12H7ClN2O6.Na/c13-5-1-3-6(4-2-5)15-9(16)7(10(17)18)8(11(19)20)14-12(15)21;/h1-4H,(H,14,21)(H,17,18)(H,19,20);/q;+1/p-1. The van der Waals surface area contributed by atoms with Crippen LogP contribution in [0.3, 0.4) is 0 Å². The molecule has 0 unspecified atom stereocenters. The zero-order chi connectivity index (χ0) is 15.7. The molecule has 0 atom stereocenters. The number of rotatable bonds is 3. The van der Waals surface area contributed by atoms with Crippen molar-refractivity contribution >= 4 is 23.5 Å². The molecule has 0 spiro atoms. The first kappa shape index (κ1) is 18.2. The summed E-state index contributed by atoms with van der Waals surface area (Å²) in [4.78, 5) is 47.6. The van der Waals surface area contributed by atoms with Crippen molar-refractivity contribution in [3.8, 4) is 5.69 Å². The molecule has 0 aliphatic rings. The zero-order valence-corrected chi connectivity index (χ0v) is 13.9. The van der Waals surface area contributed by atoms with E-state index in [2.05, 4.69) is 0 Å². The Morgan fingerprint density at radius 2 is 1.73 bits per heavy atom. The summed E-state index contributed by atoms with van der Waals surface area (Å²) in [5.74, 6) is -3.76. The Morgan fingerprint density at radius 1 is 1.18 bits per heavy atom. The molecule has 2 rings (SSSR count). The van der Waals surface area contributed by atoms with Gasteiger partial charge in [-0.15, -0.1) is 0 Å². The smallest absolute Gasteiger partial charge is 0.543 e. The Kier molecular flexibility index (Phi) is 5.72. The van der Waals surface area contributed by atoms with E-state index in [9.17, 15) is 24.3 Å². The third kappa shape index (κ3) is 3.30. The van der Waals surface area contributed by atoms with Gasteiger partial charge in [-0.2, -0.15) is 0 Å². The normalized spacial score (nSPS) is 9.86. The minimum atomic E-state index is -1.97. The first-order chi connectivity index (χ1) is 9.82. The Balaban J connectivity index is 0.00000242. The third-order valence-electron chi connectivity index (χ3n) is 2.60. The molecule has 22 heavy (non-hydrogen) atoms. The molecule has 0 bridgehead atoms. The molecule has 0 amide bonds. The minimum absolute atomic E-state index is 0. The number of carboxylic acids is 2. The molecule has 1 aromatic heterocycles. The number of carbonyl (C=O) groups excluding carboxylic acids is 1. The molecule has 0 aliphatic heterocycles. The minimum Gasteiger partial charge on any atom is -0.543 e. The number of hydrogen-bond acceptors (Lipinski definition) is 5. The zero-order valence-electron chi connectivity index (χ0n) is 11.1. The molecule has 2 aromatic rings. The molecule has 0 radical (unpaired) electrons. The number of halogens is 1. The van der Waals surface area contributed by atoms with Gasteiger partial charge in [-0.1, -0.05) is 11.6 Å². The van der Waals surface area contributed by atoms with E-state index in [0.29, 0.717) is 9.59 Å². The monoisotopic (exact) mass is 332 g/mol. The third-order valence-corrected chi connectivity index (χ3v) is 2.86. The second-order valence-electron chi connectivity index (χ2n) is 3.89.